The van der Waals surface area contributed by atoms with Crippen LogP contribution in [-0.2, 0) is 0 Å². The molecule has 3 rings (SSSR count). The molecule has 2 aromatic heterocycles. The normalized spacial score (nSPS) is 11.8. The van der Waals surface area contributed by atoms with Crippen molar-refractivity contribution in [1.29, 1.82) is 0 Å². The Labute approximate surface area is 140 Å². The maximum Gasteiger partial charge on any atom is 0.324 e. The molecule has 6 heteroatoms. The van der Waals surface area contributed by atoms with E-state index in [1.165, 1.54) is 0 Å². The molecule has 0 saturated heterocycles. The fraction of sp³-hybridized carbons (Fsp3) is 0.167. The number of carbonyl (C=O) groups is 1. The maximum absolute atomic E-state index is 12.0. The summed E-state index contributed by atoms with van der Waals surface area (Å²) >= 11 is 0. The Bertz CT molecular complexity index is 811. The molecule has 0 radical (unpaired) electrons. The molecule has 3 aromatic rings. The molecule has 1 aromatic carbocycles. The molecular formula is C18H19N5O. The number of hydrogen-bond acceptors (Lipinski definition) is 3. The van der Waals surface area contributed by atoms with Crippen molar-refractivity contribution in [2.45, 2.75) is 19.8 Å². The van der Waals surface area contributed by atoms with Crippen molar-refractivity contribution in [1.82, 2.24) is 15.0 Å². The molecule has 0 saturated carbocycles. The van der Waals surface area contributed by atoms with E-state index in [1.807, 2.05) is 37.3 Å². The molecule has 3 N–H and O–H groups in total. The van der Waals surface area contributed by atoms with Gasteiger partial charge < -0.3 is 10.3 Å². The third-order valence-corrected chi connectivity index (χ3v) is 3.85. The molecule has 6 nitrogen and oxygen atoms in total. The Balaban J connectivity index is 1.64. The second-order valence-electron chi connectivity index (χ2n) is 5.55. The number of aromatic nitrogens is 3. The third-order valence-electron chi connectivity index (χ3n) is 3.85. The highest BCUT2D eigenvalue weighted by molar-refractivity contribution is 5.99. The largest absolute Gasteiger partial charge is 0.348 e. The van der Waals surface area contributed by atoms with Crippen LogP contribution in [0.15, 0.2) is 55.0 Å². The van der Waals surface area contributed by atoms with Crippen molar-refractivity contribution in [2.75, 3.05) is 10.6 Å². The summed E-state index contributed by atoms with van der Waals surface area (Å²) < 4.78 is 0. The van der Waals surface area contributed by atoms with Gasteiger partial charge in [-0.05, 0) is 36.8 Å². The van der Waals surface area contributed by atoms with Gasteiger partial charge in [-0.25, -0.2) is 14.8 Å². The van der Waals surface area contributed by atoms with Crippen molar-refractivity contribution < 1.29 is 4.79 Å². The summed E-state index contributed by atoms with van der Waals surface area (Å²) in [5.74, 6) is 0.696. The van der Waals surface area contributed by atoms with Crippen LogP contribution in [0.4, 0.5) is 16.3 Å². The van der Waals surface area contributed by atoms with Crippen molar-refractivity contribution >= 4 is 17.5 Å². The van der Waals surface area contributed by atoms with E-state index >= 15 is 0 Å². The molecule has 0 aliphatic rings. The minimum Gasteiger partial charge on any atom is -0.348 e. The predicted octanol–water partition coefficient (Wildman–Crippen LogP) is 3.91. The predicted molar refractivity (Wildman–Crippen MR) is 94.2 cm³/mol. The summed E-state index contributed by atoms with van der Waals surface area (Å²) in [7, 11) is 0. The SMILES string of the molecule is Cc1[nH]cnc1C(C)c1ccc(NC(=O)Nc2ccccn2)cc1. The lowest BCUT2D eigenvalue weighted by molar-refractivity contribution is 0.262. The van der Waals surface area contributed by atoms with Crippen molar-refractivity contribution in [3.63, 3.8) is 0 Å². The fourth-order valence-corrected chi connectivity index (χ4v) is 2.53. The van der Waals surface area contributed by atoms with E-state index in [0.717, 1.165) is 22.6 Å². The van der Waals surface area contributed by atoms with Crippen LogP contribution in [0.1, 0.15) is 29.8 Å². The number of amides is 2. The number of anilines is 2. The third kappa shape index (κ3) is 3.60. The number of hydrogen-bond donors (Lipinski definition) is 3. The second kappa shape index (κ2) is 6.95. The van der Waals surface area contributed by atoms with Gasteiger partial charge in [0.25, 0.3) is 0 Å². The first-order valence-corrected chi connectivity index (χ1v) is 7.72. The van der Waals surface area contributed by atoms with Crippen LogP contribution in [0.2, 0.25) is 0 Å². The number of aryl methyl sites for hydroxylation is 1. The Morgan fingerprint density at radius 3 is 2.50 bits per heavy atom. The van der Waals surface area contributed by atoms with Gasteiger partial charge >= 0.3 is 6.03 Å². The number of nitrogens with one attached hydrogen (secondary N) is 3. The zero-order valence-electron chi connectivity index (χ0n) is 13.6. The van der Waals surface area contributed by atoms with Gasteiger partial charge in [-0.15, -0.1) is 0 Å². The minimum absolute atomic E-state index is 0.188. The molecule has 24 heavy (non-hydrogen) atoms. The van der Waals surface area contributed by atoms with Crippen LogP contribution in [0, 0.1) is 6.92 Å². The summed E-state index contributed by atoms with van der Waals surface area (Å²) in [6.07, 6.45) is 3.34. The van der Waals surface area contributed by atoms with Gasteiger partial charge in [-0.2, -0.15) is 0 Å². The van der Waals surface area contributed by atoms with Crippen LogP contribution < -0.4 is 10.6 Å². The van der Waals surface area contributed by atoms with E-state index in [1.54, 1.807) is 24.7 Å². The van der Waals surface area contributed by atoms with Crippen molar-refractivity contribution in [2.24, 2.45) is 0 Å². The Hall–Kier alpha value is -3.15. The molecule has 0 aliphatic carbocycles. The summed E-state index contributed by atoms with van der Waals surface area (Å²) in [4.78, 5) is 23.5. The average molecular weight is 321 g/mol. The van der Waals surface area contributed by atoms with Crippen LogP contribution in [0.3, 0.4) is 0 Å². The standard InChI is InChI=1S/C18H19N5O/c1-12(17-13(2)20-11-21-17)14-6-8-15(9-7-14)22-18(24)23-16-5-3-4-10-19-16/h3-12H,1-2H3,(H,20,21)(H2,19,22,23,24). The van der Waals surface area contributed by atoms with E-state index in [4.69, 9.17) is 0 Å². The number of imidazole rings is 1. The van der Waals surface area contributed by atoms with Crippen LogP contribution in [0.25, 0.3) is 0 Å². The fourth-order valence-electron chi connectivity index (χ4n) is 2.53. The van der Waals surface area contributed by atoms with E-state index in [2.05, 4.69) is 32.5 Å². The van der Waals surface area contributed by atoms with Crippen molar-refractivity contribution in [3.05, 3.63) is 71.9 Å². The summed E-state index contributed by atoms with van der Waals surface area (Å²) in [5.41, 5.74) is 3.96. The number of nitrogens with zero attached hydrogens (tertiary/aromatic N) is 2. The quantitative estimate of drug-likeness (QED) is 0.681. The molecule has 0 spiro atoms. The first-order valence-electron chi connectivity index (χ1n) is 7.72. The number of H-pyrrole nitrogens is 1. The lowest BCUT2D eigenvalue weighted by Gasteiger charge is -2.12. The highest BCUT2D eigenvalue weighted by atomic mass is 16.2. The second-order valence-corrected chi connectivity index (χ2v) is 5.55. The number of rotatable bonds is 4. The lowest BCUT2D eigenvalue weighted by Crippen LogP contribution is -2.19. The molecular weight excluding hydrogens is 302 g/mol. The number of carbonyl (C=O) groups excluding carboxylic acids is 1. The maximum atomic E-state index is 12.0. The van der Waals surface area contributed by atoms with Gasteiger partial charge in [-0.1, -0.05) is 25.1 Å². The molecule has 1 atom stereocenters. The Morgan fingerprint density at radius 2 is 1.88 bits per heavy atom. The van der Waals surface area contributed by atoms with Crippen LogP contribution in [-0.4, -0.2) is 21.0 Å². The van der Waals surface area contributed by atoms with E-state index in [-0.39, 0.29) is 11.9 Å². The molecule has 0 fully saturated rings. The molecule has 2 heterocycles. The number of aromatic amines is 1. The summed E-state index contributed by atoms with van der Waals surface area (Å²) in [5, 5.41) is 5.47. The zero-order valence-corrected chi connectivity index (χ0v) is 13.6. The first-order chi connectivity index (χ1) is 11.6. The summed E-state index contributed by atoms with van der Waals surface area (Å²) in [6.45, 7) is 4.12. The van der Waals surface area contributed by atoms with Gasteiger partial charge in [0, 0.05) is 23.5 Å². The van der Waals surface area contributed by atoms with Crippen LogP contribution in [0.5, 0.6) is 0 Å². The average Bonchev–Trinajstić information content (AvgIpc) is 3.02. The molecule has 122 valence electrons. The topological polar surface area (TPSA) is 82.7 Å². The number of pyridine rings is 1. The lowest BCUT2D eigenvalue weighted by atomic mass is 9.96. The Kier molecular flexibility index (Phi) is 4.56. The molecule has 2 amide bonds. The van der Waals surface area contributed by atoms with Gasteiger partial charge in [0.05, 0.1) is 12.0 Å². The van der Waals surface area contributed by atoms with Gasteiger partial charge in [0.1, 0.15) is 5.82 Å². The van der Waals surface area contributed by atoms with Gasteiger partial charge in [0.15, 0.2) is 0 Å². The van der Waals surface area contributed by atoms with Crippen molar-refractivity contribution in [3.8, 4) is 0 Å². The monoisotopic (exact) mass is 321 g/mol. The minimum atomic E-state index is -0.322. The highest BCUT2D eigenvalue weighted by Crippen LogP contribution is 2.25. The Morgan fingerprint density at radius 1 is 1.08 bits per heavy atom. The summed E-state index contributed by atoms with van der Waals surface area (Å²) in [6, 6.07) is 12.8. The highest BCUT2D eigenvalue weighted by Gasteiger charge is 2.13. The smallest absolute Gasteiger partial charge is 0.324 e. The van der Waals surface area contributed by atoms with E-state index in [0.29, 0.717) is 5.82 Å². The molecule has 0 bridgehead atoms. The molecule has 0 aliphatic heterocycles. The molecule has 1 unspecified atom stereocenters. The van der Waals surface area contributed by atoms with E-state index < -0.39 is 0 Å². The van der Waals surface area contributed by atoms with Crippen LogP contribution >= 0.6 is 0 Å². The van der Waals surface area contributed by atoms with Gasteiger partial charge in [0.2, 0.25) is 0 Å². The van der Waals surface area contributed by atoms with Gasteiger partial charge in [-0.3, -0.25) is 5.32 Å². The van der Waals surface area contributed by atoms with E-state index in [9.17, 15) is 4.79 Å². The number of benzene rings is 1. The number of urea groups is 1. The zero-order chi connectivity index (χ0) is 16.9. The first kappa shape index (κ1) is 15.7.